The van der Waals surface area contributed by atoms with Crippen molar-refractivity contribution in [1.29, 1.82) is 0 Å². The van der Waals surface area contributed by atoms with Crippen molar-refractivity contribution in [2.75, 3.05) is 26.2 Å². The maximum Gasteiger partial charge on any atom is 0.320 e. The fraction of sp³-hybridized carbons (Fsp3) is 0.500. The lowest BCUT2D eigenvalue weighted by Crippen LogP contribution is -2.41. The van der Waals surface area contributed by atoms with E-state index in [9.17, 15) is 9.59 Å². The quantitative estimate of drug-likeness (QED) is 0.526. The topological polar surface area (TPSA) is 49.9 Å². The van der Waals surface area contributed by atoms with E-state index in [4.69, 9.17) is 16.3 Å². The monoisotopic (exact) mass is 448 g/mol. The van der Waals surface area contributed by atoms with Crippen LogP contribution in [-0.2, 0) is 0 Å². The molecular weight excluding hydrogens is 431 g/mol. The minimum absolute atomic E-state index is 0.00683. The number of nitrogens with zero attached hydrogens (tertiary/aromatic N) is 2. The molecule has 1 aromatic carbocycles. The minimum atomic E-state index is -0.474. The summed E-state index contributed by atoms with van der Waals surface area (Å²) in [5.74, 6) is 0.729. The van der Waals surface area contributed by atoms with Crippen LogP contribution in [0.4, 0.5) is 4.79 Å². The Balaban J connectivity index is 1.59. The molecule has 2 saturated heterocycles. The lowest BCUT2D eigenvalue weighted by Gasteiger charge is -2.24. The summed E-state index contributed by atoms with van der Waals surface area (Å²) in [4.78, 5) is 27.3. The Hall–Kier alpha value is -1.02. The van der Waals surface area contributed by atoms with Gasteiger partial charge in [-0.05, 0) is 65.2 Å². The third-order valence-electron chi connectivity index (χ3n) is 4.24. The van der Waals surface area contributed by atoms with E-state index in [1.807, 2.05) is 9.80 Å². The molecule has 0 N–H and O–H groups in total. The van der Waals surface area contributed by atoms with E-state index in [2.05, 4.69) is 22.6 Å². The Morgan fingerprint density at radius 3 is 2.57 bits per heavy atom. The maximum absolute atomic E-state index is 12.4. The van der Waals surface area contributed by atoms with E-state index in [-0.39, 0.29) is 12.1 Å². The molecule has 1 aromatic rings. The second-order valence-electron chi connectivity index (χ2n) is 5.87. The van der Waals surface area contributed by atoms with E-state index in [1.54, 1.807) is 18.2 Å². The Labute approximate surface area is 154 Å². The summed E-state index contributed by atoms with van der Waals surface area (Å²) in [7, 11) is 0. The van der Waals surface area contributed by atoms with Gasteiger partial charge in [0, 0.05) is 31.6 Å². The molecule has 124 valence electrons. The molecule has 0 aliphatic carbocycles. The minimum Gasteiger partial charge on any atom is -0.487 e. The Kier molecular flexibility index (Phi) is 5.31. The second kappa shape index (κ2) is 7.25. The molecule has 0 unspecified atom stereocenters. The first-order valence-corrected chi connectivity index (χ1v) is 9.20. The van der Waals surface area contributed by atoms with Gasteiger partial charge in [0.05, 0.1) is 10.1 Å². The predicted molar refractivity (Wildman–Crippen MR) is 96.2 cm³/mol. The van der Waals surface area contributed by atoms with Gasteiger partial charge in [-0.3, -0.25) is 4.79 Å². The van der Waals surface area contributed by atoms with Crippen LogP contribution in [0, 0.1) is 3.57 Å². The summed E-state index contributed by atoms with van der Waals surface area (Å²) in [6.45, 7) is 3.08. The smallest absolute Gasteiger partial charge is 0.320 e. The average Bonchev–Trinajstić information content (AvgIpc) is 3.19. The van der Waals surface area contributed by atoms with Crippen molar-refractivity contribution in [3.8, 4) is 5.75 Å². The van der Waals surface area contributed by atoms with Crippen molar-refractivity contribution >= 4 is 45.5 Å². The van der Waals surface area contributed by atoms with Crippen LogP contribution in [0.3, 0.4) is 0 Å². The number of urea groups is 1. The van der Waals surface area contributed by atoms with E-state index in [0.717, 1.165) is 48.2 Å². The molecule has 2 aliphatic rings. The van der Waals surface area contributed by atoms with Gasteiger partial charge in [-0.25, -0.2) is 4.79 Å². The van der Waals surface area contributed by atoms with Crippen molar-refractivity contribution in [2.24, 2.45) is 0 Å². The zero-order valence-electron chi connectivity index (χ0n) is 12.6. The highest BCUT2D eigenvalue weighted by atomic mass is 127. The fourth-order valence-electron chi connectivity index (χ4n) is 3.00. The molecule has 5 nitrogen and oxygen atoms in total. The van der Waals surface area contributed by atoms with E-state index in [0.29, 0.717) is 12.1 Å². The number of carbonyl (C=O) groups is 2. The van der Waals surface area contributed by atoms with Gasteiger partial charge in [-0.1, -0.05) is 0 Å². The summed E-state index contributed by atoms with van der Waals surface area (Å²) in [5.41, 5.74) is 0.459. The van der Waals surface area contributed by atoms with Crippen LogP contribution in [0.25, 0.3) is 0 Å². The number of amides is 2. The van der Waals surface area contributed by atoms with Crippen LogP contribution >= 0.6 is 34.2 Å². The molecule has 2 aliphatic heterocycles. The first-order chi connectivity index (χ1) is 11.0. The number of rotatable bonds is 3. The van der Waals surface area contributed by atoms with E-state index >= 15 is 0 Å². The molecule has 1 atom stereocenters. The van der Waals surface area contributed by atoms with Crippen LogP contribution in [0.2, 0.25) is 0 Å². The van der Waals surface area contributed by atoms with Gasteiger partial charge in [-0.2, -0.15) is 0 Å². The summed E-state index contributed by atoms with van der Waals surface area (Å²) in [5, 5.41) is -0.474. The summed E-state index contributed by atoms with van der Waals surface area (Å²) >= 11 is 7.61. The van der Waals surface area contributed by atoms with Crippen molar-refractivity contribution < 1.29 is 14.3 Å². The molecule has 23 heavy (non-hydrogen) atoms. The molecule has 7 heteroatoms. The maximum atomic E-state index is 12.4. The van der Waals surface area contributed by atoms with Crippen molar-refractivity contribution in [1.82, 2.24) is 9.80 Å². The van der Waals surface area contributed by atoms with Gasteiger partial charge in [0.1, 0.15) is 11.9 Å². The van der Waals surface area contributed by atoms with Crippen LogP contribution in [0.15, 0.2) is 18.2 Å². The van der Waals surface area contributed by atoms with Gasteiger partial charge in [0.15, 0.2) is 0 Å². The lowest BCUT2D eigenvalue weighted by molar-refractivity contribution is 0.108. The third-order valence-corrected chi connectivity index (χ3v) is 5.31. The zero-order valence-corrected chi connectivity index (χ0v) is 15.5. The van der Waals surface area contributed by atoms with Crippen LogP contribution in [-0.4, -0.2) is 53.4 Å². The lowest BCUT2D eigenvalue weighted by atomic mass is 10.2. The molecule has 0 spiro atoms. The highest BCUT2D eigenvalue weighted by Gasteiger charge is 2.31. The Morgan fingerprint density at radius 2 is 1.91 bits per heavy atom. The third kappa shape index (κ3) is 3.91. The Bertz CT molecular complexity index is 619. The second-order valence-corrected chi connectivity index (χ2v) is 7.38. The van der Waals surface area contributed by atoms with Gasteiger partial charge in [-0.15, -0.1) is 0 Å². The largest absolute Gasteiger partial charge is 0.487 e. The molecule has 2 fully saturated rings. The molecular formula is C16H18ClIN2O3. The molecule has 2 amide bonds. The van der Waals surface area contributed by atoms with Crippen molar-refractivity contribution in [3.63, 3.8) is 0 Å². The number of likely N-dealkylation sites (tertiary alicyclic amines) is 2. The standard InChI is InChI=1S/C16H18ClIN2O3/c17-15(21)11-3-4-14(13(18)9-11)23-12-5-8-20(10-12)16(22)19-6-1-2-7-19/h3-4,9,12H,1-2,5-8,10H2/t12-/m0/s1. The zero-order chi connectivity index (χ0) is 16.4. The molecule has 0 bridgehead atoms. The highest BCUT2D eigenvalue weighted by Crippen LogP contribution is 2.26. The van der Waals surface area contributed by atoms with Crippen LogP contribution in [0.1, 0.15) is 29.6 Å². The first kappa shape index (κ1) is 16.8. The Morgan fingerprint density at radius 1 is 1.17 bits per heavy atom. The van der Waals surface area contributed by atoms with Gasteiger partial charge >= 0.3 is 6.03 Å². The number of carbonyl (C=O) groups excluding carboxylic acids is 2. The first-order valence-electron chi connectivity index (χ1n) is 7.74. The SMILES string of the molecule is O=C(Cl)c1ccc(O[C@H]2CCN(C(=O)N3CCCC3)C2)c(I)c1. The molecule has 0 saturated carbocycles. The normalized spacial score (nSPS) is 20.9. The summed E-state index contributed by atoms with van der Waals surface area (Å²) in [6.07, 6.45) is 3.02. The van der Waals surface area contributed by atoms with Crippen LogP contribution < -0.4 is 4.74 Å². The van der Waals surface area contributed by atoms with Gasteiger partial charge in [0.25, 0.3) is 5.24 Å². The van der Waals surface area contributed by atoms with Gasteiger partial charge in [0.2, 0.25) is 0 Å². The number of hydrogen-bond acceptors (Lipinski definition) is 3. The number of benzene rings is 1. The predicted octanol–water partition coefficient (Wildman–Crippen LogP) is 3.34. The number of halogens is 2. The van der Waals surface area contributed by atoms with E-state index < -0.39 is 5.24 Å². The molecule has 0 radical (unpaired) electrons. The average molecular weight is 449 g/mol. The van der Waals surface area contributed by atoms with Crippen LogP contribution in [0.5, 0.6) is 5.75 Å². The summed E-state index contributed by atoms with van der Waals surface area (Å²) < 4.78 is 6.86. The van der Waals surface area contributed by atoms with Crippen molar-refractivity contribution in [3.05, 3.63) is 27.3 Å². The van der Waals surface area contributed by atoms with E-state index in [1.165, 1.54) is 0 Å². The number of ether oxygens (including phenoxy) is 1. The summed E-state index contributed by atoms with van der Waals surface area (Å²) in [6, 6.07) is 5.27. The molecule has 0 aromatic heterocycles. The van der Waals surface area contributed by atoms with Gasteiger partial charge < -0.3 is 14.5 Å². The van der Waals surface area contributed by atoms with Crippen molar-refractivity contribution in [2.45, 2.75) is 25.4 Å². The molecule has 3 rings (SSSR count). The fourth-order valence-corrected chi connectivity index (χ4v) is 3.76. The highest BCUT2D eigenvalue weighted by molar-refractivity contribution is 14.1. The molecule has 2 heterocycles. The number of hydrogen-bond donors (Lipinski definition) is 0.